The summed E-state index contributed by atoms with van der Waals surface area (Å²) >= 11 is 0. The molecule has 0 spiro atoms. The highest BCUT2D eigenvalue weighted by molar-refractivity contribution is 5.90. The molecule has 0 radical (unpaired) electrons. The molecule has 1 aliphatic rings. The highest BCUT2D eigenvalue weighted by Crippen LogP contribution is 2.44. The summed E-state index contributed by atoms with van der Waals surface area (Å²) in [6.07, 6.45) is 4.57. The van der Waals surface area contributed by atoms with Crippen molar-refractivity contribution in [1.82, 2.24) is 0 Å². The normalized spacial score (nSPS) is 16.1. The number of carbonyl (C=O) groups is 1. The minimum atomic E-state index is -1.16. The largest absolute Gasteiger partial charge is 0.478 e. The Morgan fingerprint density at radius 3 is 2.57 bits per heavy atom. The monoisotopic (exact) mass is 292 g/mol. The number of hydrogen-bond acceptors (Lipinski definition) is 4. The Kier molecular flexibility index (Phi) is 4.16. The zero-order valence-corrected chi connectivity index (χ0v) is 12.3. The summed E-state index contributed by atoms with van der Waals surface area (Å²) in [7, 11) is 0. The lowest BCUT2D eigenvalue weighted by Crippen LogP contribution is -2.36. The molecule has 1 aromatic carbocycles. The number of nitrogens with one attached hydrogen (secondary N) is 1. The van der Waals surface area contributed by atoms with Gasteiger partial charge in [-0.15, -0.1) is 0 Å². The van der Waals surface area contributed by atoms with E-state index >= 15 is 0 Å². The van der Waals surface area contributed by atoms with Gasteiger partial charge in [0.15, 0.2) is 0 Å². The number of nitrogens with zero attached hydrogens (tertiary/aromatic N) is 1. The van der Waals surface area contributed by atoms with Gasteiger partial charge in [-0.2, -0.15) is 0 Å². The van der Waals surface area contributed by atoms with Gasteiger partial charge in [0.25, 0.3) is 5.69 Å². The van der Waals surface area contributed by atoms with Crippen LogP contribution in [0.4, 0.5) is 11.4 Å². The average molecular weight is 292 g/mol. The molecule has 1 fully saturated rings. The van der Waals surface area contributed by atoms with Gasteiger partial charge in [-0.1, -0.05) is 13.3 Å². The standard InChI is InChI=1S/C15H20N2O4/c1-3-15(5-4-6-15)9-16-12-7-11(14(18)19)8-13(10(12)2)17(20)21/h7-8,16H,3-6,9H2,1-2H3,(H,18,19). The van der Waals surface area contributed by atoms with Gasteiger partial charge in [-0.3, -0.25) is 10.1 Å². The summed E-state index contributed by atoms with van der Waals surface area (Å²) in [5.41, 5.74) is 1.06. The van der Waals surface area contributed by atoms with Gasteiger partial charge >= 0.3 is 5.97 Å². The summed E-state index contributed by atoms with van der Waals surface area (Å²) in [4.78, 5) is 21.6. The van der Waals surface area contributed by atoms with E-state index in [1.165, 1.54) is 12.5 Å². The predicted molar refractivity (Wildman–Crippen MR) is 79.9 cm³/mol. The van der Waals surface area contributed by atoms with Crippen LogP contribution >= 0.6 is 0 Å². The second kappa shape index (κ2) is 5.71. The molecule has 6 nitrogen and oxygen atoms in total. The number of benzene rings is 1. The van der Waals surface area contributed by atoms with Crippen LogP contribution in [0.25, 0.3) is 0 Å². The van der Waals surface area contributed by atoms with E-state index in [0.717, 1.165) is 31.9 Å². The van der Waals surface area contributed by atoms with E-state index in [2.05, 4.69) is 12.2 Å². The van der Waals surface area contributed by atoms with Crippen LogP contribution in [-0.2, 0) is 0 Å². The maximum atomic E-state index is 11.1. The molecule has 0 bridgehead atoms. The second-order valence-corrected chi connectivity index (χ2v) is 5.79. The van der Waals surface area contributed by atoms with Crippen molar-refractivity contribution in [1.29, 1.82) is 0 Å². The van der Waals surface area contributed by atoms with Gasteiger partial charge in [0.2, 0.25) is 0 Å². The molecule has 21 heavy (non-hydrogen) atoms. The van der Waals surface area contributed by atoms with E-state index in [4.69, 9.17) is 5.11 Å². The van der Waals surface area contributed by atoms with Crippen LogP contribution in [0.2, 0.25) is 0 Å². The Morgan fingerprint density at radius 1 is 1.48 bits per heavy atom. The lowest BCUT2D eigenvalue weighted by Gasteiger charge is -2.41. The van der Waals surface area contributed by atoms with Crippen molar-refractivity contribution in [3.05, 3.63) is 33.4 Å². The van der Waals surface area contributed by atoms with E-state index < -0.39 is 10.9 Å². The molecule has 2 N–H and O–H groups in total. The molecule has 0 amide bonds. The minimum Gasteiger partial charge on any atom is -0.478 e. The molecule has 0 aliphatic heterocycles. The van der Waals surface area contributed by atoms with Crippen molar-refractivity contribution in [2.45, 2.75) is 39.5 Å². The highest BCUT2D eigenvalue weighted by Gasteiger charge is 2.35. The molecular weight excluding hydrogens is 272 g/mol. The molecule has 6 heteroatoms. The van der Waals surface area contributed by atoms with Crippen molar-refractivity contribution >= 4 is 17.3 Å². The first-order chi connectivity index (χ1) is 9.88. The summed E-state index contributed by atoms with van der Waals surface area (Å²) in [6, 6.07) is 2.59. The predicted octanol–water partition coefficient (Wildman–Crippen LogP) is 3.59. The van der Waals surface area contributed by atoms with Crippen LogP contribution in [0.5, 0.6) is 0 Å². The first-order valence-electron chi connectivity index (χ1n) is 7.15. The molecule has 0 unspecified atom stereocenters. The molecule has 2 rings (SSSR count). The third-order valence-electron chi connectivity index (χ3n) is 4.64. The molecule has 1 aliphatic carbocycles. The molecule has 1 saturated carbocycles. The first kappa shape index (κ1) is 15.3. The molecule has 0 heterocycles. The second-order valence-electron chi connectivity index (χ2n) is 5.79. The van der Waals surface area contributed by atoms with Crippen LogP contribution in [-0.4, -0.2) is 22.5 Å². The number of hydrogen-bond donors (Lipinski definition) is 2. The van der Waals surface area contributed by atoms with Crippen LogP contribution in [0.1, 0.15) is 48.5 Å². The molecular formula is C15H20N2O4. The maximum Gasteiger partial charge on any atom is 0.336 e. The number of aromatic carboxylic acids is 1. The third-order valence-corrected chi connectivity index (χ3v) is 4.64. The fraction of sp³-hybridized carbons (Fsp3) is 0.533. The van der Waals surface area contributed by atoms with Gasteiger partial charge < -0.3 is 10.4 Å². The smallest absolute Gasteiger partial charge is 0.336 e. The quantitative estimate of drug-likeness (QED) is 0.617. The van der Waals surface area contributed by atoms with Gasteiger partial charge in [-0.05, 0) is 37.7 Å². The summed E-state index contributed by atoms with van der Waals surface area (Å²) in [5, 5.41) is 23.4. The van der Waals surface area contributed by atoms with Crippen molar-refractivity contribution < 1.29 is 14.8 Å². The highest BCUT2D eigenvalue weighted by atomic mass is 16.6. The topological polar surface area (TPSA) is 92.5 Å². The zero-order chi connectivity index (χ0) is 15.6. The van der Waals surface area contributed by atoms with Crippen LogP contribution in [0.3, 0.4) is 0 Å². The fourth-order valence-electron chi connectivity index (χ4n) is 2.81. The van der Waals surface area contributed by atoms with Crippen LogP contribution in [0.15, 0.2) is 12.1 Å². The van der Waals surface area contributed by atoms with E-state index in [1.807, 2.05) is 0 Å². The third kappa shape index (κ3) is 2.99. The summed E-state index contributed by atoms with van der Waals surface area (Å²) in [5.74, 6) is -1.16. The number of nitro benzene ring substituents is 1. The Hall–Kier alpha value is -2.11. The van der Waals surface area contributed by atoms with Crippen molar-refractivity contribution in [2.75, 3.05) is 11.9 Å². The summed E-state index contributed by atoms with van der Waals surface area (Å²) in [6.45, 7) is 4.51. The molecule has 114 valence electrons. The van der Waals surface area contributed by atoms with Crippen molar-refractivity contribution in [2.24, 2.45) is 5.41 Å². The van der Waals surface area contributed by atoms with Gasteiger partial charge in [0.1, 0.15) is 0 Å². The Morgan fingerprint density at radius 2 is 2.14 bits per heavy atom. The maximum absolute atomic E-state index is 11.1. The van der Waals surface area contributed by atoms with Crippen LogP contribution < -0.4 is 5.32 Å². The number of anilines is 1. The number of rotatable bonds is 6. The lowest BCUT2D eigenvalue weighted by molar-refractivity contribution is -0.385. The number of carboxylic acids is 1. The molecule has 0 saturated heterocycles. The zero-order valence-electron chi connectivity index (χ0n) is 12.3. The van der Waals surface area contributed by atoms with Gasteiger partial charge in [0.05, 0.1) is 10.5 Å². The number of nitro groups is 1. The SMILES string of the molecule is CCC1(CNc2cc(C(=O)O)cc([N+](=O)[O-])c2C)CCC1. The van der Waals surface area contributed by atoms with Crippen molar-refractivity contribution in [3.8, 4) is 0 Å². The van der Waals surface area contributed by atoms with Crippen molar-refractivity contribution in [3.63, 3.8) is 0 Å². The van der Waals surface area contributed by atoms with E-state index in [1.54, 1.807) is 6.92 Å². The van der Waals surface area contributed by atoms with E-state index in [9.17, 15) is 14.9 Å². The lowest BCUT2D eigenvalue weighted by atomic mass is 9.67. The Labute approximate surface area is 123 Å². The molecule has 1 aromatic rings. The van der Waals surface area contributed by atoms with Crippen LogP contribution in [0, 0.1) is 22.5 Å². The van der Waals surface area contributed by atoms with Gasteiger partial charge in [0, 0.05) is 23.9 Å². The first-order valence-corrected chi connectivity index (χ1v) is 7.15. The fourth-order valence-corrected chi connectivity index (χ4v) is 2.81. The van der Waals surface area contributed by atoms with Gasteiger partial charge in [-0.25, -0.2) is 4.79 Å². The summed E-state index contributed by atoms with van der Waals surface area (Å²) < 4.78 is 0. The van der Waals surface area contributed by atoms with E-state index in [-0.39, 0.29) is 16.7 Å². The minimum absolute atomic E-state index is 0.0612. The average Bonchev–Trinajstić information content (AvgIpc) is 2.38. The van der Waals surface area contributed by atoms with E-state index in [0.29, 0.717) is 11.3 Å². The molecule has 0 atom stereocenters. The molecule has 0 aromatic heterocycles. The number of carboxylic acid groups (broad SMARTS) is 1. The Bertz CT molecular complexity index is 574. The Balaban J connectivity index is 2.29.